The van der Waals surface area contributed by atoms with Gasteiger partial charge in [-0.15, -0.1) is 0 Å². The highest BCUT2D eigenvalue weighted by Gasteiger charge is 1.87. The van der Waals surface area contributed by atoms with Crippen molar-refractivity contribution in [3.8, 4) is 0 Å². The van der Waals surface area contributed by atoms with E-state index in [4.69, 9.17) is 0 Å². The number of nitrogens with zero attached hydrogens (tertiary/aromatic N) is 1. The molecule has 0 aromatic carbocycles. The minimum Gasteiger partial charge on any atom is -0.356 e. The fourth-order valence-electron chi connectivity index (χ4n) is 0.0962. The number of ether oxygens (including phenoxy) is 2. The summed E-state index contributed by atoms with van der Waals surface area (Å²) in [5.74, 6) is 0. The maximum absolute atomic E-state index is 9.56. The van der Waals surface area contributed by atoms with Crippen molar-refractivity contribution in [1.29, 1.82) is 0 Å². The monoisotopic (exact) mass is 241 g/mol. The second-order valence-corrected chi connectivity index (χ2v) is 4.33. The van der Waals surface area contributed by atoms with Gasteiger partial charge in [0.1, 0.15) is 0 Å². The lowest BCUT2D eigenvalue weighted by atomic mass is 10.8. The molecule has 0 fully saturated rings. The molecule has 0 saturated heterocycles. The third kappa shape index (κ3) is 58.8. The standard InChI is InChI=1S/C4H10O2.C3H7NO.C2H6OS/c1-4(5-2)6-3;1-4(2)3-5;1-4(2)3/h4H,1-3H3;3H,1-2H3;1-2H3. The van der Waals surface area contributed by atoms with Crippen LogP contribution in [0.25, 0.3) is 0 Å². The molecule has 0 aliphatic carbocycles. The van der Waals surface area contributed by atoms with E-state index in [1.807, 2.05) is 6.92 Å². The summed E-state index contributed by atoms with van der Waals surface area (Å²) >= 11 is 0. The Hall–Kier alpha value is -0.460. The lowest BCUT2D eigenvalue weighted by Crippen LogP contribution is -2.06. The number of hydrogen-bond donors (Lipinski definition) is 0. The minimum absolute atomic E-state index is 0.0648. The number of methoxy groups -OCH3 is 2. The molecule has 0 heterocycles. The summed E-state index contributed by atoms with van der Waals surface area (Å²) in [6.45, 7) is 1.83. The molecule has 5 nitrogen and oxygen atoms in total. The van der Waals surface area contributed by atoms with Gasteiger partial charge in [0.2, 0.25) is 6.41 Å². The molecule has 0 unspecified atom stereocenters. The van der Waals surface area contributed by atoms with Crippen molar-refractivity contribution < 1.29 is 18.5 Å². The third-order valence-corrected chi connectivity index (χ3v) is 0.875. The van der Waals surface area contributed by atoms with Crippen LogP contribution in [0.3, 0.4) is 0 Å². The molecule has 0 aromatic rings. The van der Waals surface area contributed by atoms with Crippen LogP contribution in [0.15, 0.2) is 0 Å². The van der Waals surface area contributed by atoms with E-state index >= 15 is 0 Å². The molecule has 0 radical (unpaired) electrons. The molecular formula is C9H23NO4S. The molecular weight excluding hydrogens is 218 g/mol. The van der Waals surface area contributed by atoms with Gasteiger partial charge in [-0.25, -0.2) is 0 Å². The van der Waals surface area contributed by atoms with Crippen molar-refractivity contribution in [2.45, 2.75) is 13.2 Å². The molecule has 6 heteroatoms. The molecule has 0 spiro atoms. The average molecular weight is 241 g/mol. The third-order valence-electron chi connectivity index (χ3n) is 0.875. The minimum atomic E-state index is -0.611. The van der Waals surface area contributed by atoms with Gasteiger partial charge in [-0.05, 0) is 6.92 Å². The first-order valence-corrected chi connectivity index (χ1v) is 6.20. The molecule has 0 atom stereocenters. The van der Waals surface area contributed by atoms with Gasteiger partial charge in [-0.2, -0.15) is 0 Å². The number of amides is 1. The Kier molecular flexibility index (Phi) is 21.3. The van der Waals surface area contributed by atoms with E-state index in [0.717, 1.165) is 6.41 Å². The van der Waals surface area contributed by atoms with Gasteiger partial charge in [0.25, 0.3) is 0 Å². The van der Waals surface area contributed by atoms with Crippen LogP contribution in [0.1, 0.15) is 6.92 Å². The van der Waals surface area contributed by atoms with Crippen molar-refractivity contribution in [3.05, 3.63) is 0 Å². The molecule has 0 N–H and O–H groups in total. The van der Waals surface area contributed by atoms with Gasteiger partial charge in [0.05, 0.1) is 0 Å². The normalized spacial score (nSPS) is 8.60. The van der Waals surface area contributed by atoms with E-state index < -0.39 is 10.8 Å². The smallest absolute Gasteiger partial charge is 0.209 e. The quantitative estimate of drug-likeness (QED) is 0.527. The van der Waals surface area contributed by atoms with Gasteiger partial charge in [-0.1, -0.05) is 0 Å². The maximum Gasteiger partial charge on any atom is 0.209 e. The zero-order valence-electron chi connectivity index (χ0n) is 10.6. The molecule has 0 aliphatic heterocycles. The van der Waals surface area contributed by atoms with Crippen LogP contribution in [0.5, 0.6) is 0 Å². The van der Waals surface area contributed by atoms with Crippen molar-refractivity contribution in [2.75, 3.05) is 40.8 Å². The van der Waals surface area contributed by atoms with E-state index in [9.17, 15) is 9.00 Å². The summed E-state index contributed by atoms with van der Waals surface area (Å²) in [6.07, 6.45) is 3.96. The van der Waals surface area contributed by atoms with Gasteiger partial charge in [0.15, 0.2) is 6.29 Å². The highest BCUT2D eigenvalue weighted by Crippen LogP contribution is 1.82. The number of hydrogen-bond acceptors (Lipinski definition) is 4. The second-order valence-electron chi connectivity index (χ2n) is 2.85. The zero-order valence-corrected chi connectivity index (χ0v) is 11.5. The predicted octanol–water partition coefficient (Wildman–Crippen LogP) is 0.324. The SMILES string of the molecule is CN(C)C=O.COC(C)OC.CS(C)=O. The Bertz CT molecular complexity index is 145. The van der Waals surface area contributed by atoms with Crippen molar-refractivity contribution >= 4 is 17.2 Å². The Labute approximate surface area is 95.2 Å². The molecule has 94 valence electrons. The molecule has 0 bridgehead atoms. The summed E-state index contributed by atoms with van der Waals surface area (Å²) in [5, 5.41) is 0. The van der Waals surface area contributed by atoms with Gasteiger partial charge < -0.3 is 14.4 Å². The Morgan fingerprint density at radius 3 is 1.40 bits per heavy atom. The average Bonchev–Trinajstić information content (AvgIpc) is 2.16. The van der Waals surface area contributed by atoms with Crippen LogP contribution < -0.4 is 0 Å². The van der Waals surface area contributed by atoms with E-state index in [2.05, 4.69) is 9.47 Å². The first-order chi connectivity index (χ1) is 6.81. The van der Waals surface area contributed by atoms with Crippen LogP contribution >= 0.6 is 0 Å². The fourth-order valence-corrected chi connectivity index (χ4v) is 0.0962. The summed E-state index contributed by atoms with van der Waals surface area (Å²) < 4.78 is 18.9. The highest BCUT2D eigenvalue weighted by molar-refractivity contribution is 7.83. The summed E-state index contributed by atoms with van der Waals surface area (Å²) in [6, 6.07) is 0. The number of carbonyl (C=O) groups is 1. The molecule has 0 saturated carbocycles. The first-order valence-electron chi connectivity index (χ1n) is 4.24. The molecule has 0 aromatic heterocycles. The lowest BCUT2D eigenvalue weighted by molar-refractivity contribution is -0.115. The van der Waals surface area contributed by atoms with Gasteiger partial charge in [-0.3, -0.25) is 9.00 Å². The molecule has 1 amide bonds. The molecule has 0 aliphatic rings. The number of carbonyl (C=O) groups excluding carboxylic acids is 1. The molecule has 0 rings (SSSR count). The van der Waals surface area contributed by atoms with E-state index in [0.29, 0.717) is 0 Å². The van der Waals surface area contributed by atoms with Crippen molar-refractivity contribution in [1.82, 2.24) is 4.90 Å². The zero-order chi connectivity index (χ0) is 12.9. The summed E-state index contributed by atoms with van der Waals surface area (Å²) in [5.41, 5.74) is 0. The lowest BCUT2D eigenvalue weighted by Gasteiger charge is -2.03. The van der Waals surface area contributed by atoms with E-state index in [-0.39, 0.29) is 6.29 Å². The predicted molar refractivity (Wildman–Crippen MR) is 63.2 cm³/mol. The van der Waals surface area contributed by atoms with Gasteiger partial charge >= 0.3 is 0 Å². The van der Waals surface area contributed by atoms with Crippen LogP contribution in [0.4, 0.5) is 0 Å². The Morgan fingerprint density at radius 2 is 1.40 bits per heavy atom. The summed E-state index contributed by atoms with van der Waals surface area (Å²) in [7, 11) is 5.97. The van der Waals surface area contributed by atoms with Crippen molar-refractivity contribution in [3.63, 3.8) is 0 Å². The number of rotatable bonds is 3. The fraction of sp³-hybridized carbons (Fsp3) is 0.889. The Balaban J connectivity index is -0.000000147. The van der Waals surface area contributed by atoms with Crippen LogP contribution in [-0.2, 0) is 25.1 Å². The largest absolute Gasteiger partial charge is 0.356 e. The Morgan fingerprint density at radius 1 is 1.20 bits per heavy atom. The van der Waals surface area contributed by atoms with E-state index in [1.165, 1.54) is 4.90 Å². The summed E-state index contributed by atoms with van der Waals surface area (Å²) in [4.78, 5) is 10.9. The van der Waals surface area contributed by atoms with Crippen LogP contribution in [0.2, 0.25) is 0 Å². The van der Waals surface area contributed by atoms with Crippen molar-refractivity contribution in [2.24, 2.45) is 0 Å². The van der Waals surface area contributed by atoms with Crippen LogP contribution in [-0.4, -0.2) is 62.6 Å². The van der Waals surface area contributed by atoms with E-state index in [1.54, 1.807) is 40.8 Å². The first kappa shape index (κ1) is 20.0. The van der Waals surface area contributed by atoms with Crippen LogP contribution in [0, 0.1) is 0 Å². The topological polar surface area (TPSA) is 55.8 Å². The highest BCUT2D eigenvalue weighted by atomic mass is 32.2. The maximum atomic E-state index is 9.56. The second kappa shape index (κ2) is 16.0. The van der Waals surface area contributed by atoms with Gasteiger partial charge in [0, 0.05) is 51.6 Å². The molecule has 15 heavy (non-hydrogen) atoms.